The van der Waals surface area contributed by atoms with Gasteiger partial charge in [0.25, 0.3) is 0 Å². The molecule has 0 fully saturated rings. The molecule has 1 atom stereocenters. The molecular weight excluding hydrogens is 388 g/mol. The van der Waals surface area contributed by atoms with Gasteiger partial charge in [0.1, 0.15) is 0 Å². The molecule has 1 aliphatic heterocycles. The van der Waals surface area contributed by atoms with E-state index in [1.54, 1.807) is 34.1 Å². The molecule has 0 spiro atoms. The van der Waals surface area contributed by atoms with Gasteiger partial charge in [-0.3, -0.25) is 9.59 Å². The van der Waals surface area contributed by atoms with Crippen LogP contribution in [0.3, 0.4) is 0 Å². The maximum atomic E-state index is 12.8. The summed E-state index contributed by atoms with van der Waals surface area (Å²) in [6.45, 7) is 7.61. The van der Waals surface area contributed by atoms with Gasteiger partial charge in [-0.25, -0.2) is 8.42 Å². The van der Waals surface area contributed by atoms with Gasteiger partial charge in [-0.05, 0) is 42.3 Å². The van der Waals surface area contributed by atoms with Crippen molar-refractivity contribution >= 4 is 33.0 Å². The zero-order valence-electron chi connectivity index (χ0n) is 17.3. The van der Waals surface area contributed by atoms with Gasteiger partial charge in [0, 0.05) is 25.6 Å². The number of hydrogen-bond acceptors (Lipinski definition) is 4. The number of anilines is 2. The van der Waals surface area contributed by atoms with E-state index < -0.39 is 9.84 Å². The lowest BCUT2D eigenvalue weighted by Gasteiger charge is -2.41. The predicted molar refractivity (Wildman–Crippen MR) is 115 cm³/mol. The standard InChI is InChI=1S/C22H26N2O4S/c1-14(2)22(26)23-13-15(3)24(16(4)25)20-11-8-18(12-21(20)23)17-6-9-19(10-7-17)29(5,27)28/h6-12,14-15H,13H2,1-5H3/t15-/m0/s1. The summed E-state index contributed by atoms with van der Waals surface area (Å²) in [5.41, 5.74) is 3.09. The Bertz CT molecular complexity index is 1060. The molecule has 0 aliphatic carbocycles. The number of amides is 2. The largest absolute Gasteiger partial charge is 0.308 e. The average Bonchev–Trinajstić information content (AvgIpc) is 2.65. The van der Waals surface area contributed by atoms with Crippen LogP contribution in [0.15, 0.2) is 47.4 Å². The van der Waals surface area contributed by atoms with Crippen LogP contribution in [0.2, 0.25) is 0 Å². The Morgan fingerprint density at radius 2 is 1.59 bits per heavy atom. The molecule has 2 aromatic rings. The van der Waals surface area contributed by atoms with Crippen LogP contribution in [-0.2, 0) is 19.4 Å². The van der Waals surface area contributed by atoms with Crippen molar-refractivity contribution in [3.05, 3.63) is 42.5 Å². The molecular formula is C22H26N2O4S. The SMILES string of the molecule is CC(=O)N1c2ccc(-c3ccc(S(C)(=O)=O)cc3)cc2N(C(=O)C(C)C)C[C@@H]1C. The normalized spacial score (nSPS) is 16.7. The van der Waals surface area contributed by atoms with Crippen LogP contribution in [-0.4, -0.2) is 39.1 Å². The van der Waals surface area contributed by atoms with E-state index in [4.69, 9.17) is 0 Å². The average molecular weight is 415 g/mol. The minimum absolute atomic E-state index is 0.00544. The Morgan fingerprint density at radius 1 is 1.00 bits per heavy atom. The van der Waals surface area contributed by atoms with Gasteiger partial charge in [-0.15, -0.1) is 0 Å². The Balaban J connectivity index is 2.11. The molecule has 0 unspecified atom stereocenters. The second-order valence-corrected chi connectivity index (χ2v) is 9.86. The minimum Gasteiger partial charge on any atom is -0.308 e. The molecule has 29 heavy (non-hydrogen) atoms. The van der Waals surface area contributed by atoms with Crippen molar-refractivity contribution in [1.82, 2.24) is 0 Å². The number of benzene rings is 2. The molecule has 0 radical (unpaired) electrons. The highest BCUT2D eigenvalue weighted by atomic mass is 32.2. The Morgan fingerprint density at radius 3 is 2.10 bits per heavy atom. The van der Waals surface area contributed by atoms with Gasteiger partial charge in [0.2, 0.25) is 11.8 Å². The fourth-order valence-electron chi connectivity index (χ4n) is 3.70. The number of sulfone groups is 1. The number of carbonyl (C=O) groups excluding carboxylic acids is 2. The third-order valence-corrected chi connectivity index (χ3v) is 6.26. The van der Waals surface area contributed by atoms with Crippen molar-refractivity contribution in [2.45, 2.75) is 38.6 Å². The first-order valence-electron chi connectivity index (χ1n) is 9.56. The molecule has 0 bridgehead atoms. The molecule has 2 aromatic carbocycles. The Hall–Kier alpha value is -2.67. The Labute approximate surface area is 172 Å². The van der Waals surface area contributed by atoms with Gasteiger partial charge in [0.05, 0.1) is 22.3 Å². The molecule has 2 amide bonds. The summed E-state index contributed by atoms with van der Waals surface area (Å²) in [6, 6.07) is 12.2. The topological polar surface area (TPSA) is 74.8 Å². The molecule has 3 rings (SSSR count). The van der Waals surface area contributed by atoms with Crippen LogP contribution < -0.4 is 9.80 Å². The summed E-state index contributed by atoms with van der Waals surface area (Å²) < 4.78 is 23.4. The van der Waals surface area contributed by atoms with Gasteiger partial charge < -0.3 is 9.80 Å². The molecule has 1 aliphatic rings. The summed E-state index contributed by atoms with van der Waals surface area (Å²) in [7, 11) is -3.27. The third kappa shape index (κ3) is 4.05. The van der Waals surface area contributed by atoms with E-state index in [1.807, 2.05) is 39.0 Å². The minimum atomic E-state index is -3.27. The van der Waals surface area contributed by atoms with Gasteiger partial charge in [-0.1, -0.05) is 32.0 Å². The quantitative estimate of drug-likeness (QED) is 0.770. The van der Waals surface area contributed by atoms with Gasteiger partial charge in [-0.2, -0.15) is 0 Å². The van der Waals surface area contributed by atoms with E-state index in [-0.39, 0.29) is 28.7 Å². The summed E-state index contributed by atoms with van der Waals surface area (Å²) in [5, 5.41) is 0. The summed E-state index contributed by atoms with van der Waals surface area (Å²) >= 11 is 0. The van der Waals surface area contributed by atoms with Crippen molar-refractivity contribution in [3.8, 4) is 11.1 Å². The van der Waals surface area contributed by atoms with E-state index in [0.29, 0.717) is 17.9 Å². The zero-order chi connectivity index (χ0) is 21.5. The van der Waals surface area contributed by atoms with Crippen LogP contribution in [0.4, 0.5) is 11.4 Å². The fourth-order valence-corrected chi connectivity index (χ4v) is 4.33. The predicted octanol–water partition coefficient (Wildman–Crippen LogP) is 3.50. The summed E-state index contributed by atoms with van der Waals surface area (Å²) in [6.07, 6.45) is 1.17. The van der Waals surface area contributed by atoms with Crippen LogP contribution >= 0.6 is 0 Å². The van der Waals surface area contributed by atoms with Crippen molar-refractivity contribution in [1.29, 1.82) is 0 Å². The number of nitrogens with zero attached hydrogens (tertiary/aromatic N) is 2. The third-order valence-electron chi connectivity index (χ3n) is 5.13. The lowest BCUT2D eigenvalue weighted by Crippen LogP contribution is -2.52. The number of rotatable bonds is 3. The smallest absolute Gasteiger partial charge is 0.229 e. The van der Waals surface area contributed by atoms with Crippen molar-refractivity contribution in [2.75, 3.05) is 22.6 Å². The van der Waals surface area contributed by atoms with Crippen LogP contribution in [0, 0.1) is 5.92 Å². The highest BCUT2D eigenvalue weighted by Crippen LogP contribution is 2.39. The van der Waals surface area contributed by atoms with Crippen LogP contribution in [0.5, 0.6) is 0 Å². The van der Waals surface area contributed by atoms with E-state index in [9.17, 15) is 18.0 Å². The first-order chi connectivity index (χ1) is 13.5. The van der Waals surface area contributed by atoms with Crippen molar-refractivity contribution < 1.29 is 18.0 Å². The molecule has 154 valence electrons. The second kappa shape index (κ2) is 7.63. The molecule has 6 nitrogen and oxygen atoms in total. The first kappa shape index (κ1) is 21.0. The van der Waals surface area contributed by atoms with E-state index >= 15 is 0 Å². The Kier molecular flexibility index (Phi) is 5.54. The maximum absolute atomic E-state index is 12.8. The van der Waals surface area contributed by atoms with Gasteiger partial charge >= 0.3 is 0 Å². The monoisotopic (exact) mass is 414 g/mol. The maximum Gasteiger partial charge on any atom is 0.229 e. The highest BCUT2D eigenvalue weighted by molar-refractivity contribution is 7.90. The molecule has 0 saturated carbocycles. The second-order valence-electron chi connectivity index (χ2n) is 7.84. The molecule has 0 N–H and O–H groups in total. The molecule has 7 heteroatoms. The van der Waals surface area contributed by atoms with Crippen LogP contribution in [0.25, 0.3) is 11.1 Å². The van der Waals surface area contributed by atoms with E-state index in [1.165, 1.54) is 13.2 Å². The van der Waals surface area contributed by atoms with Crippen molar-refractivity contribution in [3.63, 3.8) is 0 Å². The molecule has 0 aromatic heterocycles. The van der Waals surface area contributed by atoms with Crippen molar-refractivity contribution in [2.24, 2.45) is 5.92 Å². The number of fused-ring (bicyclic) bond motifs is 1. The summed E-state index contributed by atoms with van der Waals surface area (Å²) in [4.78, 5) is 28.8. The molecule has 1 heterocycles. The van der Waals surface area contributed by atoms with E-state index in [2.05, 4.69) is 0 Å². The highest BCUT2D eigenvalue weighted by Gasteiger charge is 2.34. The number of carbonyl (C=O) groups is 2. The fraction of sp³-hybridized carbons (Fsp3) is 0.364. The lowest BCUT2D eigenvalue weighted by atomic mass is 9.99. The van der Waals surface area contributed by atoms with Gasteiger partial charge in [0.15, 0.2) is 9.84 Å². The molecule has 0 saturated heterocycles. The van der Waals surface area contributed by atoms with E-state index in [0.717, 1.165) is 11.1 Å². The first-order valence-corrected chi connectivity index (χ1v) is 11.5. The summed E-state index contributed by atoms with van der Waals surface area (Å²) in [5.74, 6) is -0.233. The lowest BCUT2D eigenvalue weighted by molar-refractivity contribution is -0.122. The zero-order valence-corrected chi connectivity index (χ0v) is 18.2. The van der Waals surface area contributed by atoms with Crippen LogP contribution in [0.1, 0.15) is 27.7 Å². The number of hydrogen-bond donors (Lipinski definition) is 0.